The number of rotatable bonds is 11. The van der Waals surface area contributed by atoms with Crippen LogP contribution in [0.25, 0.3) is 11.1 Å². The molecule has 2 aromatic carbocycles. The molecule has 3 rings (SSSR count). The van der Waals surface area contributed by atoms with Gasteiger partial charge in [0, 0.05) is 18.4 Å². The Labute approximate surface area is 200 Å². The van der Waals surface area contributed by atoms with Crippen LogP contribution < -0.4 is 10.6 Å². The van der Waals surface area contributed by atoms with Gasteiger partial charge in [0.05, 0.1) is 0 Å². The molecule has 0 saturated carbocycles. The number of benzene rings is 2. The molecule has 0 aliphatic heterocycles. The molecule has 3 N–H and O–H groups in total. The van der Waals surface area contributed by atoms with Crippen LogP contribution in [-0.4, -0.2) is 42.3 Å². The standard InChI is InChI=1S/C27H34N2O5/c1-17(2)15-24(26(31)32)29-25(30)18(3)9-8-14-28-27(33)34-16-23-21-12-6-4-10-19(21)20-11-5-7-13-22(20)23/h4-7,10-13,17-18,23-24H,8-9,14-16H2,1-3H3,(H,28,33)(H,29,30)(H,31,32)/t18?,24-/m1/s1. The molecule has 2 atom stereocenters. The summed E-state index contributed by atoms with van der Waals surface area (Å²) in [5.74, 6) is -1.48. The van der Waals surface area contributed by atoms with Crippen LogP contribution in [0, 0.1) is 11.8 Å². The fourth-order valence-corrected chi connectivity index (χ4v) is 4.39. The van der Waals surface area contributed by atoms with E-state index in [1.54, 1.807) is 6.92 Å². The molecule has 34 heavy (non-hydrogen) atoms. The highest BCUT2D eigenvalue weighted by Gasteiger charge is 2.29. The molecule has 2 amide bonds. The van der Waals surface area contributed by atoms with Gasteiger partial charge in [-0.15, -0.1) is 0 Å². The van der Waals surface area contributed by atoms with E-state index in [0.29, 0.717) is 25.8 Å². The molecule has 1 aliphatic carbocycles. The van der Waals surface area contributed by atoms with E-state index < -0.39 is 18.1 Å². The number of carboxylic acid groups (broad SMARTS) is 1. The zero-order valence-electron chi connectivity index (χ0n) is 20.0. The average Bonchev–Trinajstić information content (AvgIpc) is 3.13. The molecule has 0 fully saturated rings. The van der Waals surface area contributed by atoms with Crippen molar-refractivity contribution in [2.75, 3.05) is 13.2 Å². The normalized spacial score (nSPS) is 14.1. The van der Waals surface area contributed by atoms with Gasteiger partial charge < -0.3 is 20.5 Å². The van der Waals surface area contributed by atoms with E-state index in [4.69, 9.17) is 4.74 Å². The number of amides is 2. The fraction of sp³-hybridized carbons (Fsp3) is 0.444. The lowest BCUT2D eigenvalue weighted by Crippen LogP contribution is -2.44. The maximum Gasteiger partial charge on any atom is 0.407 e. The van der Waals surface area contributed by atoms with Crippen LogP contribution in [0.5, 0.6) is 0 Å². The lowest BCUT2D eigenvalue weighted by Gasteiger charge is -2.19. The van der Waals surface area contributed by atoms with Gasteiger partial charge in [0.1, 0.15) is 12.6 Å². The molecular weight excluding hydrogens is 432 g/mol. The Kier molecular flexibility index (Phi) is 8.68. The predicted octanol–water partition coefficient (Wildman–Crippen LogP) is 4.56. The number of ether oxygens (including phenoxy) is 1. The third-order valence-electron chi connectivity index (χ3n) is 6.20. The summed E-state index contributed by atoms with van der Waals surface area (Å²) in [6.45, 7) is 6.23. The monoisotopic (exact) mass is 466 g/mol. The van der Waals surface area contributed by atoms with E-state index in [2.05, 4.69) is 34.9 Å². The second kappa shape index (κ2) is 11.7. The van der Waals surface area contributed by atoms with Crippen LogP contribution in [-0.2, 0) is 14.3 Å². The molecule has 0 heterocycles. The summed E-state index contributed by atoms with van der Waals surface area (Å²) in [6.07, 6.45) is 1.02. The van der Waals surface area contributed by atoms with Crippen molar-refractivity contribution in [1.29, 1.82) is 0 Å². The first-order chi connectivity index (χ1) is 16.3. The van der Waals surface area contributed by atoms with E-state index in [0.717, 1.165) is 11.1 Å². The summed E-state index contributed by atoms with van der Waals surface area (Å²) in [6, 6.07) is 15.5. The number of alkyl carbamates (subject to hydrolysis) is 1. The van der Waals surface area contributed by atoms with Crippen molar-refractivity contribution in [3.05, 3.63) is 59.7 Å². The van der Waals surface area contributed by atoms with Crippen molar-refractivity contribution in [2.45, 2.75) is 52.0 Å². The molecule has 182 valence electrons. The van der Waals surface area contributed by atoms with E-state index in [9.17, 15) is 19.5 Å². The third-order valence-corrected chi connectivity index (χ3v) is 6.20. The maximum absolute atomic E-state index is 12.3. The summed E-state index contributed by atoms with van der Waals surface area (Å²) in [7, 11) is 0. The zero-order valence-corrected chi connectivity index (χ0v) is 20.0. The molecule has 7 nitrogen and oxygen atoms in total. The number of hydrogen-bond acceptors (Lipinski definition) is 4. The Morgan fingerprint density at radius 3 is 2.12 bits per heavy atom. The van der Waals surface area contributed by atoms with Gasteiger partial charge in [0.25, 0.3) is 0 Å². The van der Waals surface area contributed by atoms with Crippen molar-refractivity contribution in [1.82, 2.24) is 10.6 Å². The minimum absolute atomic E-state index is 0.00916. The highest BCUT2D eigenvalue weighted by atomic mass is 16.5. The summed E-state index contributed by atoms with van der Waals surface area (Å²) in [4.78, 5) is 35.9. The Balaban J connectivity index is 1.41. The number of aliphatic carboxylic acids is 1. The zero-order chi connectivity index (χ0) is 24.7. The van der Waals surface area contributed by atoms with E-state index in [1.807, 2.05) is 38.1 Å². The minimum Gasteiger partial charge on any atom is -0.480 e. The summed E-state index contributed by atoms with van der Waals surface area (Å²) in [5.41, 5.74) is 4.68. The maximum atomic E-state index is 12.3. The van der Waals surface area contributed by atoms with Crippen LogP contribution in [0.1, 0.15) is 57.1 Å². The summed E-state index contributed by atoms with van der Waals surface area (Å²) in [5, 5.41) is 14.7. The Morgan fingerprint density at radius 1 is 0.971 bits per heavy atom. The van der Waals surface area contributed by atoms with Gasteiger partial charge in [0.2, 0.25) is 5.91 Å². The van der Waals surface area contributed by atoms with Gasteiger partial charge >= 0.3 is 12.1 Å². The van der Waals surface area contributed by atoms with Crippen molar-refractivity contribution in [3.63, 3.8) is 0 Å². The second-order valence-corrected chi connectivity index (χ2v) is 9.32. The van der Waals surface area contributed by atoms with Crippen LogP contribution in [0.3, 0.4) is 0 Å². The van der Waals surface area contributed by atoms with Crippen LogP contribution in [0.15, 0.2) is 48.5 Å². The lowest BCUT2D eigenvalue weighted by atomic mass is 9.98. The molecule has 0 aromatic heterocycles. The van der Waals surface area contributed by atoms with Crippen molar-refractivity contribution in [2.24, 2.45) is 11.8 Å². The molecule has 0 spiro atoms. The van der Waals surface area contributed by atoms with Crippen molar-refractivity contribution < 1.29 is 24.2 Å². The largest absolute Gasteiger partial charge is 0.480 e. The number of carbonyl (C=O) groups excluding carboxylic acids is 2. The van der Waals surface area contributed by atoms with Gasteiger partial charge in [-0.05, 0) is 47.4 Å². The SMILES string of the molecule is CC(C)C[C@@H](NC(=O)C(C)CCCNC(=O)OCC1c2ccccc2-c2ccccc21)C(=O)O. The fourth-order valence-electron chi connectivity index (χ4n) is 4.39. The van der Waals surface area contributed by atoms with Crippen LogP contribution in [0.2, 0.25) is 0 Å². The number of carboxylic acids is 1. The number of hydrogen-bond donors (Lipinski definition) is 3. The topological polar surface area (TPSA) is 105 Å². The van der Waals surface area contributed by atoms with E-state index in [1.165, 1.54) is 11.1 Å². The first kappa shape index (κ1) is 25.3. The Morgan fingerprint density at radius 2 is 1.56 bits per heavy atom. The molecule has 0 bridgehead atoms. The average molecular weight is 467 g/mol. The van der Waals surface area contributed by atoms with Crippen molar-refractivity contribution in [3.8, 4) is 11.1 Å². The first-order valence-corrected chi connectivity index (χ1v) is 11.9. The molecule has 0 saturated heterocycles. The molecule has 7 heteroatoms. The molecular formula is C27H34N2O5. The molecule has 0 radical (unpaired) electrons. The van der Waals surface area contributed by atoms with Crippen LogP contribution >= 0.6 is 0 Å². The number of carbonyl (C=O) groups is 3. The Hall–Kier alpha value is -3.35. The number of fused-ring (bicyclic) bond motifs is 3. The molecule has 1 unspecified atom stereocenters. The van der Waals surface area contributed by atoms with Gasteiger partial charge in [-0.3, -0.25) is 4.79 Å². The van der Waals surface area contributed by atoms with Gasteiger partial charge in [-0.2, -0.15) is 0 Å². The van der Waals surface area contributed by atoms with E-state index >= 15 is 0 Å². The predicted molar refractivity (Wildman–Crippen MR) is 130 cm³/mol. The Bertz CT molecular complexity index is 974. The summed E-state index contributed by atoms with van der Waals surface area (Å²) < 4.78 is 5.52. The highest BCUT2D eigenvalue weighted by Crippen LogP contribution is 2.44. The third kappa shape index (κ3) is 6.37. The minimum atomic E-state index is -1.02. The van der Waals surface area contributed by atoms with Gasteiger partial charge in [-0.25, -0.2) is 9.59 Å². The first-order valence-electron chi connectivity index (χ1n) is 11.9. The van der Waals surface area contributed by atoms with Crippen LogP contribution in [0.4, 0.5) is 4.79 Å². The van der Waals surface area contributed by atoms with E-state index in [-0.39, 0.29) is 30.3 Å². The van der Waals surface area contributed by atoms with Gasteiger partial charge in [-0.1, -0.05) is 69.3 Å². The second-order valence-electron chi connectivity index (χ2n) is 9.32. The highest BCUT2D eigenvalue weighted by molar-refractivity contribution is 5.84. The smallest absolute Gasteiger partial charge is 0.407 e. The molecule has 2 aromatic rings. The molecule has 1 aliphatic rings. The quantitative estimate of drug-likeness (QED) is 0.421. The number of nitrogens with one attached hydrogen (secondary N) is 2. The van der Waals surface area contributed by atoms with Gasteiger partial charge in [0.15, 0.2) is 0 Å². The summed E-state index contributed by atoms with van der Waals surface area (Å²) >= 11 is 0. The lowest BCUT2D eigenvalue weighted by molar-refractivity contribution is -0.142. The van der Waals surface area contributed by atoms with Crippen molar-refractivity contribution >= 4 is 18.0 Å².